The molecule has 3 N–H and O–H groups in total. The Bertz CT molecular complexity index is 673. The average molecular weight is 338 g/mol. The fourth-order valence-electron chi connectivity index (χ4n) is 2.90. The summed E-state index contributed by atoms with van der Waals surface area (Å²) in [7, 11) is 0. The lowest BCUT2D eigenvalue weighted by Gasteiger charge is -2.37. The van der Waals surface area contributed by atoms with Gasteiger partial charge in [0.2, 0.25) is 0 Å². The summed E-state index contributed by atoms with van der Waals surface area (Å²) in [6, 6.07) is 0. The van der Waals surface area contributed by atoms with Crippen LogP contribution in [0.15, 0.2) is 34.8 Å². The Labute approximate surface area is 140 Å². The van der Waals surface area contributed by atoms with Crippen LogP contribution in [0.2, 0.25) is 0 Å². The van der Waals surface area contributed by atoms with E-state index in [0.29, 0.717) is 23.1 Å². The van der Waals surface area contributed by atoms with E-state index in [1.54, 1.807) is 12.2 Å². The molecule has 0 bridgehead atoms. The Morgan fingerprint density at radius 2 is 1.96 bits per heavy atom. The Morgan fingerprint density at radius 3 is 2.38 bits per heavy atom. The molecule has 0 fully saturated rings. The molecule has 1 unspecified atom stereocenters. The predicted molar refractivity (Wildman–Crippen MR) is 87.1 cm³/mol. The van der Waals surface area contributed by atoms with Crippen LogP contribution >= 0.6 is 0 Å². The van der Waals surface area contributed by atoms with Gasteiger partial charge in [0.1, 0.15) is 0 Å². The van der Waals surface area contributed by atoms with Gasteiger partial charge in [-0.3, -0.25) is 0 Å². The SMILES string of the molecule is CC(C)(C)C1=CC(C)(C(=O)O)NC(F)=C1C1=CCN(C(=O)O)CC1. The predicted octanol–water partition coefficient (Wildman–Crippen LogP) is 2.90. The van der Waals surface area contributed by atoms with Crippen LogP contribution in [0.4, 0.5) is 9.18 Å². The van der Waals surface area contributed by atoms with E-state index in [-0.39, 0.29) is 13.1 Å². The first-order valence-corrected chi connectivity index (χ1v) is 7.78. The lowest BCUT2D eigenvalue weighted by molar-refractivity contribution is -0.142. The normalized spacial score (nSPS) is 25.0. The van der Waals surface area contributed by atoms with Gasteiger partial charge in [-0.2, -0.15) is 4.39 Å². The number of aliphatic carboxylic acids is 1. The van der Waals surface area contributed by atoms with Gasteiger partial charge in [0.25, 0.3) is 0 Å². The highest BCUT2D eigenvalue weighted by atomic mass is 19.1. The summed E-state index contributed by atoms with van der Waals surface area (Å²) in [5.41, 5.74) is -0.314. The molecule has 6 nitrogen and oxygen atoms in total. The van der Waals surface area contributed by atoms with E-state index >= 15 is 0 Å². The molecule has 2 aliphatic rings. The van der Waals surface area contributed by atoms with Crippen molar-refractivity contribution >= 4 is 12.1 Å². The number of hydrogen-bond donors (Lipinski definition) is 3. The van der Waals surface area contributed by atoms with Gasteiger partial charge in [0, 0.05) is 18.7 Å². The number of allylic oxidation sites excluding steroid dienone is 2. The number of nitrogens with one attached hydrogen (secondary N) is 1. The van der Waals surface area contributed by atoms with E-state index < -0.39 is 29.0 Å². The lowest BCUT2D eigenvalue weighted by atomic mass is 9.74. The van der Waals surface area contributed by atoms with Gasteiger partial charge in [-0.05, 0) is 36.0 Å². The molecule has 1 amide bonds. The Morgan fingerprint density at radius 1 is 1.33 bits per heavy atom. The third-order valence-electron chi connectivity index (χ3n) is 4.34. The summed E-state index contributed by atoms with van der Waals surface area (Å²) in [4.78, 5) is 23.8. The van der Waals surface area contributed by atoms with Gasteiger partial charge in [-0.25, -0.2) is 9.59 Å². The Hall–Kier alpha value is -2.31. The van der Waals surface area contributed by atoms with Crippen molar-refractivity contribution in [2.45, 2.75) is 39.7 Å². The fourth-order valence-corrected chi connectivity index (χ4v) is 2.90. The number of rotatable bonds is 2. The van der Waals surface area contributed by atoms with Gasteiger partial charge in [0.15, 0.2) is 11.5 Å². The van der Waals surface area contributed by atoms with Crippen LogP contribution in [0.5, 0.6) is 0 Å². The quantitative estimate of drug-likeness (QED) is 0.674. The molecule has 7 heteroatoms. The molecule has 24 heavy (non-hydrogen) atoms. The van der Waals surface area contributed by atoms with E-state index in [9.17, 15) is 19.1 Å². The van der Waals surface area contributed by atoms with E-state index in [4.69, 9.17) is 5.11 Å². The zero-order valence-electron chi connectivity index (χ0n) is 14.3. The number of carboxylic acids is 1. The van der Waals surface area contributed by atoms with Crippen LogP contribution in [0.3, 0.4) is 0 Å². The molecule has 0 aromatic heterocycles. The number of nitrogens with zero attached hydrogens (tertiary/aromatic N) is 1. The standard InChI is InChI=1S/C17H23FN2O4/c1-16(2,3)11-9-17(4,14(21)22)19-13(18)12(11)10-5-7-20(8-6-10)15(23)24/h5,9,19H,6-8H2,1-4H3,(H,21,22)(H,23,24). The largest absolute Gasteiger partial charge is 0.479 e. The minimum atomic E-state index is -1.52. The highest BCUT2D eigenvalue weighted by Crippen LogP contribution is 2.42. The second-order valence-corrected chi connectivity index (χ2v) is 7.34. The monoisotopic (exact) mass is 338 g/mol. The fraction of sp³-hybridized carbons (Fsp3) is 0.529. The molecule has 2 rings (SSSR count). The lowest BCUT2D eigenvalue weighted by Crippen LogP contribution is -2.50. The molecule has 0 saturated heterocycles. The molecule has 0 saturated carbocycles. The van der Waals surface area contributed by atoms with Crippen LogP contribution < -0.4 is 5.32 Å². The molecule has 0 aromatic carbocycles. The number of amides is 1. The molecule has 0 radical (unpaired) electrons. The van der Waals surface area contributed by atoms with Crippen LogP contribution in [0, 0.1) is 5.41 Å². The first-order chi connectivity index (χ1) is 11.0. The van der Waals surface area contributed by atoms with Gasteiger partial charge >= 0.3 is 12.1 Å². The maximum atomic E-state index is 14.8. The van der Waals surface area contributed by atoms with Crippen molar-refractivity contribution < 1.29 is 24.2 Å². The van der Waals surface area contributed by atoms with Crippen LogP contribution in [0.25, 0.3) is 0 Å². The van der Waals surface area contributed by atoms with Crippen LogP contribution in [-0.2, 0) is 4.79 Å². The maximum Gasteiger partial charge on any atom is 0.407 e. The second-order valence-electron chi connectivity index (χ2n) is 7.34. The van der Waals surface area contributed by atoms with Crippen molar-refractivity contribution in [3.8, 4) is 0 Å². The Balaban J connectivity index is 2.47. The topological polar surface area (TPSA) is 89.9 Å². The molecular weight excluding hydrogens is 315 g/mol. The zero-order chi connectivity index (χ0) is 18.3. The molecule has 2 heterocycles. The number of carbonyl (C=O) groups is 2. The molecular formula is C17H23FN2O4. The van der Waals surface area contributed by atoms with Gasteiger partial charge in [-0.15, -0.1) is 0 Å². The van der Waals surface area contributed by atoms with E-state index in [1.165, 1.54) is 11.8 Å². The highest BCUT2D eigenvalue weighted by molar-refractivity contribution is 5.83. The van der Waals surface area contributed by atoms with Crippen LogP contribution in [-0.4, -0.2) is 45.8 Å². The van der Waals surface area contributed by atoms with E-state index in [0.717, 1.165) is 0 Å². The van der Waals surface area contributed by atoms with E-state index in [2.05, 4.69) is 5.32 Å². The van der Waals surface area contributed by atoms with E-state index in [1.807, 2.05) is 20.8 Å². The number of hydrogen-bond acceptors (Lipinski definition) is 3. The summed E-state index contributed by atoms with van der Waals surface area (Å²) in [6.07, 6.45) is 2.62. The summed E-state index contributed by atoms with van der Waals surface area (Å²) < 4.78 is 14.8. The smallest absolute Gasteiger partial charge is 0.407 e. The average Bonchev–Trinajstić information content (AvgIpc) is 2.45. The number of halogens is 1. The van der Waals surface area contributed by atoms with Gasteiger partial charge in [-0.1, -0.05) is 26.8 Å². The van der Waals surface area contributed by atoms with Gasteiger partial charge < -0.3 is 20.4 Å². The number of carboxylic acid groups (broad SMARTS) is 2. The van der Waals surface area contributed by atoms with Crippen molar-refractivity contribution in [1.29, 1.82) is 0 Å². The zero-order valence-corrected chi connectivity index (χ0v) is 14.3. The minimum Gasteiger partial charge on any atom is -0.479 e. The Kier molecular flexibility index (Phi) is 4.48. The summed E-state index contributed by atoms with van der Waals surface area (Å²) >= 11 is 0. The first kappa shape index (κ1) is 18.0. The third-order valence-corrected chi connectivity index (χ3v) is 4.34. The molecule has 2 aliphatic heterocycles. The highest BCUT2D eigenvalue weighted by Gasteiger charge is 2.41. The van der Waals surface area contributed by atoms with Crippen molar-refractivity contribution in [3.63, 3.8) is 0 Å². The van der Waals surface area contributed by atoms with Gasteiger partial charge in [0.05, 0.1) is 0 Å². The maximum absolute atomic E-state index is 14.8. The molecule has 1 atom stereocenters. The first-order valence-electron chi connectivity index (χ1n) is 7.78. The van der Waals surface area contributed by atoms with Crippen molar-refractivity contribution in [2.24, 2.45) is 5.41 Å². The van der Waals surface area contributed by atoms with Crippen molar-refractivity contribution in [3.05, 3.63) is 34.8 Å². The second kappa shape index (κ2) is 5.96. The third kappa shape index (κ3) is 3.29. The molecule has 0 aromatic rings. The number of dihydropyridines is 1. The summed E-state index contributed by atoms with van der Waals surface area (Å²) in [5, 5.41) is 20.9. The van der Waals surface area contributed by atoms with Crippen molar-refractivity contribution in [2.75, 3.05) is 13.1 Å². The van der Waals surface area contributed by atoms with Crippen LogP contribution in [0.1, 0.15) is 34.1 Å². The molecule has 132 valence electrons. The van der Waals surface area contributed by atoms with Crippen molar-refractivity contribution in [1.82, 2.24) is 10.2 Å². The summed E-state index contributed by atoms with van der Waals surface area (Å²) in [5.74, 6) is -1.84. The summed E-state index contributed by atoms with van der Waals surface area (Å²) in [6.45, 7) is 7.57. The molecule has 0 aliphatic carbocycles. The minimum absolute atomic E-state index is 0.190. The molecule has 0 spiro atoms.